The van der Waals surface area contributed by atoms with Crippen molar-refractivity contribution in [2.24, 2.45) is 11.1 Å². The van der Waals surface area contributed by atoms with E-state index in [0.717, 1.165) is 38.4 Å². The summed E-state index contributed by atoms with van der Waals surface area (Å²) in [6, 6.07) is 0. The fraction of sp³-hybridized carbons (Fsp3) is 0.938. The summed E-state index contributed by atoms with van der Waals surface area (Å²) in [6.45, 7) is 18.9. The van der Waals surface area contributed by atoms with Crippen molar-refractivity contribution in [3.05, 3.63) is 0 Å². The molecule has 2 aliphatic rings. The summed E-state index contributed by atoms with van der Waals surface area (Å²) in [5.74, 6) is 1.64. The summed E-state index contributed by atoms with van der Waals surface area (Å²) >= 11 is 0. The molecule has 2 aliphatic heterocycles. The molecule has 0 saturated carbocycles. The molecule has 0 N–H and O–H groups in total. The second-order valence-electron chi connectivity index (χ2n) is 5.53. The Morgan fingerprint density at radius 2 is 1.55 bits per heavy atom. The second kappa shape index (κ2) is 9.22. The van der Waals surface area contributed by atoms with E-state index < -0.39 is 0 Å². The molecule has 20 heavy (non-hydrogen) atoms. The van der Waals surface area contributed by atoms with E-state index >= 15 is 0 Å². The Hall–Kier alpha value is -0.770. The molecule has 2 heterocycles. The number of hydrogen-bond acceptors (Lipinski definition) is 4. The van der Waals surface area contributed by atoms with Crippen molar-refractivity contribution in [3.63, 3.8) is 0 Å². The third kappa shape index (κ3) is 4.97. The van der Waals surface area contributed by atoms with Crippen molar-refractivity contribution in [1.82, 2.24) is 9.80 Å². The first kappa shape index (κ1) is 19.2. The summed E-state index contributed by atoms with van der Waals surface area (Å²) in [4.78, 5) is 10.4. The third-order valence-electron chi connectivity index (χ3n) is 3.96. The summed E-state index contributed by atoms with van der Waals surface area (Å²) in [6.07, 6.45) is 0.953. The lowest BCUT2D eigenvalue weighted by Crippen LogP contribution is -2.47. The van der Waals surface area contributed by atoms with Crippen LogP contribution in [0.3, 0.4) is 0 Å². The molecule has 1 saturated heterocycles. The Morgan fingerprint density at radius 1 is 1.05 bits per heavy atom. The Balaban J connectivity index is 0.000000829. The van der Waals surface area contributed by atoms with Crippen molar-refractivity contribution < 1.29 is 4.84 Å². The summed E-state index contributed by atoms with van der Waals surface area (Å²) in [7, 11) is 2.17. The van der Waals surface area contributed by atoms with Gasteiger partial charge in [-0.25, -0.2) is 0 Å². The highest BCUT2D eigenvalue weighted by molar-refractivity contribution is 5.84. The number of piperazine rings is 1. The minimum absolute atomic E-state index is 0.0985. The van der Waals surface area contributed by atoms with Gasteiger partial charge in [-0.05, 0) is 19.9 Å². The average Bonchev–Trinajstić information content (AvgIpc) is 2.88. The maximum Gasteiger partial charge on any atom is 0.148 e. The van der Waals surface area contributed by atoms with Crippen molar-refractivity contribution in [3.8, 4) is 0 Å². The first-order chi connectivity index (χ1) is 9.51. The highest BCUT2D eigenvalue weighted by Gasteiger charge is 2.39. The van der Waals surface area contributed by atoms with Gasteiger partial charge in [0.15, 0.2) is 0 Å². The van der Waals surface area contributed by atoms with Gasteiger partial charge in [-0.3, -0.25) is 0 Å². The molecule has 0 aromatic heterocycles. The largest absolute Gasteiger partial charge is 0.387 e. The number of amidine groups is 1. The second-order valence-corrected chi connectivity index (χ2v) is 5.53. The van der Waals surface area contributed by atoms with E-state index in [1.54, 1.807) is 0 Å². The third-order valence-corrected chi connectivity index (χ3v) is 3.96. The summed E-state index contributed by atoms with van der Waals surface area (Å²) in [5.41, 5.74) is -0.0985. The fourth-order valence-electron chi connectivity index (χ4n) is 2.08. The van der Waals surface area contributed by atoms with E-state index in [2.05, 4.69) is 42.8 Å². The molecular weight excluding hydrogens is 250 g/mol. The standard InChI is InChI=1S/C12H23N3O.2C2H6/c1-10(2)12(3)9-11(13-16-12)15-7-5-14(4)6-8-15;2*1-2/h10H,5-9H2,1-4H3;2*1-2H3. The molecule has 1 fully saturated rings. The maximum atomic E-state index is 5.63. The molecule has 4 heteroatoms. The topological polar surface area (TPSA) is 28.1 Å². The predicted octanol–water partition coefficient (Wildman–Crippen LogP) is 3.43. The predicted molar refractivity (Wildman–Crippen MR) is 88.1 cm³/mol. The van der Waals surface area contributed by atoms with Crippen LogP contribution in [0.1, 0.15) is 54.9 Å². The van der Waals surface area contributed by atoms with Gasteiger partial charge in [0.05, 0.1) is 6.42 Å². The molecule has 0 spiro atoms. The van der Waals surface area contributed by atoms with Crippen LogP contribution in [0.5, 0.6) is 0 Å². The average molecular weight is 285 g/mol. The van der Waals surface area contributed by atoms with E-state index in [1.165, 1.54) is 0 Å². The van der Waals surface area contributed by atoms with Crippen molar-refractivity contribution >= 4 is 5.84 Å². The Labute approximate surface area is 126 Å². The molecule has 2 rings (SSSR count). The Kier molecular flexibility index (Phi) is 8.86. The SMILES string of the molecule is CC.CC.CC(C)C1(C)CC(N2CCN(C)CC2)=NO1. The molecule has 0 aromatic carbocycles. The molecular formula is C16H35N3O. The van der Waals surface area contributed by atoms with Gasteiger partial charge in [0.2, 0.25) is 0 Å². The van der Waals surface area contributed by atoms with E-state index in [1.807, 2.05) is 27.7 Å². The van der Waals surface area contributed by atoms with Gasteiger partial charge in [0.1, 0.15) is 11.4 Å². The van der Waals surface area contributed by atoms with Gasteiger partial charge in [-0.15, -0.1) is 0 Å². The smallest absolute Gasteiger partial charge is 0.148 e. The van der Waals surface area contributed by atoms with E-state index in [0.29, 0.717) is 5.92 Å². The quantitative estimate of drug-likeness (QED) is 0.739. The normalized spacial score (nSPS) is 26.1. The minimum atomic E-state index is -0.0985. The fourth-order valence-corrected chi connectivity index (χ4v) is 2.08. The van der Waals surface area contributed by atoms with Gasteiger partial charge in [-0.1, -0.05) is 46.7 Å². The van der Waals surface area contributed by atoms with Crippen molar-refractivity contribution in [2.45, 2.75) is 60.5 Å². The summed E-state index contributed by atoms with van der Waals surface area (Å²) < 4.78 is 0. The van der Waals surface area contributed by atoms with Gasteiger partial charge >= 0.3 is 0 Å². The van der Waals surface area contributed by atoms with Crippen LogP contribution in [0.4, 0.5) is 0 Å². The molecule has 0 aromatic rings. The van der Waals surface area contributed by atoms with Gasteiger partial charge in [-0.2, -0.15) is 0 Å². The van der Waals surface area contributed by atoms with E-state index in [9.17, 15) is 0 Å². The number of oxime groups is 1. The first-order valence-corrected chi connectivity index (χ1v) is 8.20. The molecule has 0 aliphatic carbocycles. The number of hydrogen-bond donors (Lipinski definition) is 0. The van der Waals surface area contributed by atoms with Gasteiger partial charge < -0.3 is 14.6 Å². The number of nitrogens with zero attached hydrogens (tertiary/aromatic N) is 3. The maximum absolute atomic E-state index is 5.63. The molecule has 4 nitrogen and oxygen atoms in total. The molecule has 1 unspecified atom stereocenters. The minimum Gasteiger partial charge on any atom is -0.387 e. The molecule has 0 bridgehead atoms. The summed E-state index contributed by atoms with van der Waals surface area (Å²) in [5, 5.41) is 4.28. The van der Waals surface area contributed by atoms with E-state index in [-0.39, 0.29) is 5.60 Å². The van der Waals surface area contributed by atoms with E-state index in [4.69, 9.17) is 4.84 Å². The van der Waals surface area contributed by atoms with Crippen LogP contribution in [-0.2, 0) is 4.84 Å². The highest BCUT2D eigenvalue weighted by atomic mass is 16.7. The number of rotatable bonds is 1. The zero-order valence-electron chi connectivity index (χ0n) is 14.9. The Bertz CT molecular complexity index is 283. The lowest BCUT2D eigenvalue weighted by atomic mass is 9.89. The zero-order chi connectivity index (χ0) is 15.8. The molecule has 0 radical (unpaired) electrons. The molecule has 0 amide bonds. The molecule has 1 atom stereocenters. The van der Waals surface area contributed by atoms with Gasteiger partial charge in [0, 0.05) is 26.2 Å². The lowest BCUT2D eigenvalue weighted by molar-refractivity contribution is -0.0384. The number of likely N-dealkylation sites (N-methyl/N-ethyl adjacent to an activating group) is 1. The zero-order valence-corrected chi connectivity index (χ0v) is 14.9. The lowest BCUT2D eigenvalue weighted by Gasteiger charge is -2.34. The van der Waals surface area contributed by atoms with Crippen LogP contribution in [0.2, 0.25) is 0 Å². The first-order valence-electron chi connectivity index (χ1n) is 8.20. The highest BCUT2D eigenvalue weighted by Crippen LogP contribution is 2.32. The van der Waals surface area contributed by atoms with Crippen LogP contribution in [0, 0.1) is 5.92 Å². The molecule has 120 valence electrons. The van der Waals surface area contributed by atoms with Crippen molar-refractivity contribution in [1.29, 1.82) is 0 Å². The van der Waals surface area contributed by atoms with Crippen molar-refractivity contribution in [2.75, 3.05) is 33.2 Å². The van der Waals surface area contributed by atoms with Crippen LogP contribution in [0.25, 0.3) is 0 Å². The van der Waals surface area contributed by atoms with Crippen LogP contribution >= 0.6 is 0 Å². The Morgan fingerprint density at radius 3 is 1.95 bits per heavy atom. The van der Waals surface area contributed by atoms with Crippen LogP contribution < -0.4 is 0 Å². The van der Waals surface area contributed by atoms with Gasteiger partial charge in [0.25, 0.3) is 0 Å². The van der Waals surface area contributed by atoms with Crippen LogP contribution in [0.15, 0.2) is 5.16 Å². The monoisotopic (exact) mass is 285 g/mol. The van der Waals surface area contributed by atoms with Crippen LogP contribution in [-0.4, -0.2) is 54.5 Å².